The van der Waals surface area contributed by atoms with Crippen LogP contribution in [-0.2, 0) is 17.8 Å². The minimum absolute atomic E-state index is 0.000506. The number of piperidine rings is 1. The van der Waals surface area contributed by atoms with Crippen LogP contribution in [0.5, 0.6) is 0 Å². The van der Waals surface area contributed by atoms with Crippen LogP contribution in [0, 0.1) is 5.92 Å². The highest BCUT2D eigenvalue weighted by Gasteiger charge is 2.27. The lowest BCUT2D eigenvalue weighted by Crippen LogP contribution is -2.42. The lowest BCUT2D eigenvalue weighted by atomic mass is 9.95. The molecule has 1 aliphatic rings. The van der Waals surface area contributed by atoms with Crippen LogP contribution in [0.1, 0.15) is 41.3 Å². The smallest absolute Gasteiger partial charge is 0.253 e. The number of aryl methyl sites for hydroxylation is 1. The molecule has 1 fully saturated rings. The van der Waals surface area contributed by atoms with Crippen LogP contribution in [0.4, 0.5) is 0 Å². The lowest BCUT2D eigenvalue weighted by molar-refractivity contribution is -0.126. The van der Waals surface area contributed by atoms with Crippen molar-refractivity contribution < 1.29 is 9.59 Å². The molecule has 5 heteroatoms. The van der Waals surface area contributed by atoms with Gasteiger partial charge in [0.2, 0.25) is 5.91 Å². The van der Waals surface area contributed by atoms with E-state index in [2.05, 4.69) is 41.5 Å². The third-order valence-electron chi connectivity index (χ3n) is 6.13. The molecule has 0 aliphatic carbocycles. The molecule has 164 valence electrons. The molecule has 1 aliphatic heterocycles. The molecular weight excluding hydrogens is 398 g/mol. The normalized spacial score (nSPS) is 14.2. The summed E-state index contributed by atoms with van der Waals surface area (Å²) in [5.74, 6) is 0.0256. The zero-order valence-electron chi connectivity index (χ0n) is 18.5. The molecule has 5 nitrogen and oxygen atoms in total. The van der Waals surface area contributed by atoms with Crippen molar-refractivity contribution in [1.82, 2.24) is 15.2 Å². The van der Waals surface area contributed by atoms with E-state index in [0.29, 0.717) is 38.0 Å². The van der Waals surface area contributed by atoms with E-state index in [1.54, 1.807) is 12.3 Å². The predicted octanol–water partition coefficient (Wildman–Crippen LogP) is 4.48. The Hall–Kier alpha value is -3.47. The molecule has 0 atom stereocenters. The predicted molar refractivity (Wildman–Crippen MR) is 126 cm³/mol. The Labute approximate surface area is 189 Å². The Morgan fingerprint density at radius 2 is 1.66 bits per heavy atom. The molecule has 0 bridgehead atoms. The fourth-order valence-corrected chi connectivity index (χ4v) is 4.08. The second-order valence-corrected chi connectivity index (χ2v) is 8.25. The number of hydrogen-bond acceptors (Lipinski definition) is 3. The fourth-order valence-electron chi connectivity index (χ4n) is 4.08. The molecular formula is C27H29N3O2. The molecule has 2 amide bonds. The summed E-state index contributed by atoms with van der Waals surface area (Å²) in [4.78, 5) is 31.9. The SMILES string of the molecule is CCc1ccc(CNC(=O)C2CCN(C(=O)c3ccnc(-c4ccccc4)c3)CC2)cc1. The highest BCUT2D eigenvalue weighted by molar-refractivity contribution is 5.95. The van der Waals surface area contributed by atoms with Crippen LogP contribution in [0.15, 0.2) is 72.9 Å². The Balaban J connectivity index is 1.30. The van der Waals surface area contributed by atoms with Crippen LogP contribution >= 0.6 is 0 Å². The van der Waals surface area contributed by atoms with Gasteiger partial charge in [0.25, 0.3) is 5.91 Å². The number of nitrogens with one attached hydrogen (secondary N) is 1. The summed E-state index contributed by atoms with van der Waals surface area (Å²) in [5, 5.41) is 3.06. The summed E-state index contributed by atoms with van der Waals surface area (Å²) < 4.78 is 0. The van der Waals surface area contributed by atoms with E-state index < -0.39 is 0 Å². The number of carbonyl (C=O) groups excluding carboxylic acids is 2. The van der Waals surface area contributed by atoms with Crippen LogP contribution < -0.4 is 5.32 Å². The van der Waals surface area contributed by atoms with E-state index in [0.717, 1.165) is 23.2 Å². The van der Waals surface area contributed by atoms with Gasteiger partial charge in [0.05, 0.1) is 5.69 Å². The average Bonchev–Trinajstić information content (AvgIpc) is 2.88. The highest BCUT2D eigenvalue weighted by Crippen LogP contribution is 2.22. The van der Waals surface area contributed by atoms with E-state index in [1.807, 2.05) is 41.3 Å². The third kappa shape index (κ3) is 5.22. The first-order chi connectivity index (χ1) is 15.6. The van der Waals surface area contributed by atoms with Gasteiger partial charge in [0.1, 0.15) is 0 Å². The summed E-state index contributed by atoms with van der Waals surface area (Å²) in [6, 6.07) is 21.8. The third-order valence-corrected chi connectivity index (χ3v) is 6.13. The number of nitrogens with zero attached hydrogens (tertiary/aromatic N) is 2. The van der Waals surface area contributed by atoms with Gasteiger partial charge in [-0.25, -0.2) is 0 Å². The van der Waals surface area contributed by atoms with E-state index >= 15 is 0 Å². The van der Waals surface area contributed by atoms with E-state index in [9.17, 15) is 9.59 Å². The highest BCUT2D eigenvalue weighted by atomic mass is 16.2. The molecule has 2 heterocycles. The van der Waals surface area contributed by atoms with Gasteiger partial charge in [-0.15, -0.1) is 0 Å². The van der Waals surface area contributed by atoms with Crippen molar-refractivity contribution in [3.8, 4) is 11.3 Å². The van der Waals surface area contributed by atoms with Gasteiger partial charge in [0.15, 0.2) is 0 Å². The largest absolute Gasteiger partial charge is 0.352 e. The van der Waals surface area contributed by atoms with Crippen molar-refractivity contribution in [3.63, 3.8) is 0 Å². The molecule has 0 saturated carbocycles. The summed E-state index contributed by atoms with van der Waals surface area (Å²) in [6.07, 6.45) is 4.06. The Morgan fingerprint density at radius 1 is 0.969 bits per heavy atom. The first kappa shape index (κ1) is 21.8. The molecule has 0 unspecified atom stereocenters. The van der Waals surface area contributed by atoms with Crippen molar-refractivity contribution in [2.24, 2.45) is 5.92 Å². The summed E-state index contributed by atoms with van der Waals surface area (Å²) in [6.45, 7) is 3.85. The van der Waals surface area contributed by atoms with Gasteiger partial charge in [-0.3, -0.25) is 14.6 Å². The Bertz CT molecular complexity index is 1060. The maximum Gasteiger partial charge on any atom is 0.253 e. The molecule has 0 radical (unpaired) electrons. The molecule has 32 heavy (non-hydrogen) atoms. The summed E-state index contributed by atoms with van der Waals surface area (Å²) in [5.41, 5.74) is 4.81. The fraction of sp³-hybridized carbons (Fsp3) is 0.296. The number of aromatic nitrogens is 1. The molecule has 1 saturated heterocycles. The maximum absolute atomic E-state index is 13.0. The van der Waals surface area contributed by atoms with Crippen molar-refractivity contribution >= 4 is 11.8 Å². The average molecular weight is 428 g/mol. The van der Waals surface area contributed by atoms with Crippen molar-refractivity contribution in [2.45, 2.75) is 32.7 Å². The molecule has 4 rings (SSSR count). The van der Waals surface area contributed by atoms with Crippen LogP contribution in [0.25, 0.3) is 11.3 Å². The monoisotopic (exact) mass is 427 g/mol. The summed E-state index contributed by atoms with van der Waals surface area (Å²) in [7, 11) is 0. The van der Waals surface area contributed by atoms with Crippen LogP contribution in [0.2, 0.25) is 0 Å². The topological polar surface area (TPSA) is 62.3 Å². The maximum atomic E-state index is 13.0. The first-order valence-corrected chi connectivity index (χ1v) is 11.3. The molecule has 1 N–H and O–H groups in total. The summed E-state index contributed by atoms with van der Waals surface area (Å²) >= 11 is 0. The number of hydrogen-bond donors (Lipinski definition) is 1. The van der Waals surface area contributed by atoms with Gasteiger partial charge in [-0.1, -0.05) is 61.5 Å². The number of pyridine rings is 1. The number of carbonyl (C=O) groups is 2. The van der Waals surface area contributed by atoms with Gasteiger partial charge in [-0.05, 0) is 42.5 Å². The molecule has 1 aromatic heterocycles. The van der Waals surface area contributed by atoms with Crippen LogP contribution in [-0.4, -0.2) is 34.8 Å². The zero-order chi connectivity index (χ0) is 22.3. The molecule has 0 spiro atoms. The van der Waals surface area contributed by atoms with Crippen molar-refractivity contribution in [3.05, 3.63) is 89.6 Å². The van der Waals surface area contributed by atoms with Crippen molar-refractivity contribution in [2.75, 3.05) is 13.1 Å². The number of rotatable bonds is 6. The van der Waals surface area contributed by atoms with Gasteiger partial charge < -0.3 is 10.2 Å². The Morgan fingerprint density at radius 3 is 2.34 bits per heavy atom. The second kappa shape index (κ2) is 10.2. The van der Waals surface area contributed by atoms with E-state index in [-0.39, 0.29) is 17.7 Å². The standard InChI is InChI=1S/C27H29N3O2/c1-2-20-8-10-21(11-9-20)19-29-26(31)23-13-16-30(17-14-23)27(32)24-12-15-28-25(18-24)22-6-4-3-5-7-22/h3-12,15,18,23H,2,13-14,16-17,19H2,1H3,(H,29,31). The van der Waals surface area contributed by atoms with E-state index in [1.165, 1.54) is 5.56 Å². The van der Waals surface area contributed by atoms with Crippen molar-refractivity contribution in [1.29, 1.82) is 0 Å². The van der Waals surface area contributed by atoms with Gasteiger partial charge in [0, 0.05) is 42.9 Å². The Kier molecular flexibility index (Phi) is 6.95. The number of likely N-dealkylation sites (tertiary alicyclic amines) is 1. The first-order valence-electron chi connectivity index (χ1n) is 11.3. The van der Waals surface area contributed by atoms with Gasteiger partial charge in [-0.2, -0.15) is 0 Å². The lowest BCUT2D eigenvalue weighted by Gasteiger charge is -2.31. The molecule has 2 aromatic carbocycles. The van der Waals surface area contributed by atoms with Crippen LogP contribution in [0.3, 0.4) is 0 Å². The zero-order valence-corrected chi connectivity index (χ0v) is 18.5. The van der Waals surface area contributed by atoms with E-state index in [4.69, 9.17) is 0 Å². The number of amides is 2. The number of benzene rings is 2. The minimum atomic E-state index is -0.0497. The quantitative estimate of drug-likeness (QED) is 0.631. The van der Waals surface area contributed by atoms with Gasteiger partial charge >= 0.3 is 0 Å². The molecule has 3 aromatic rings. The second-order valence-electron chi connectivity index (χ2n) is 8.25. The minimum Gasteiger partial charge on any atom is -0.352 e.